The van der Waals surface area contributed by atoms with E-state index < -0.39 is 19.5 Å². The molecule has 18 heavy (non-hydrogen) atoms. The second kappa shape index (κ2) is 7.74. The predicted molar refractivity (Wildman–Crippen MR) is 66.2 cm³/mol. The number of nitrogens with one attached hydrogen (secondary N) is 1. The van der Waals surface area contributed by atoms with Crippen LogP contribution in [0, 0.1) is 0 Å². The number of hydrogen-bond donors (Lipinski definition) is 1. The van der Waals surface area contributed by atoms with Crippen molar-refractivity contribution in [2.75, 3.05) is 19.9 Å². The molecule has 0 aromatic heterocycles. The quantitative estimate of drug-likeness (QED) is 0.571. The molecule has 108 valence electrons. The molecule has 1 N–H and O–H groups in total. The van der Waals surface area contributed by atoms with Crippen LogP contribution >= 0.6 is 7.82 Å². The number of ether oxygens (including phenoxy) is 1. The number of hydrogen-bond acceptors (Lipinski definition) is 6. The third kappa shape index (κ3) is 8.47. The molecule has 0 saturated heterocycles. The molecule has 1 amide bonds. The summed E-state index contributed by atoms with van der Waals surface area (Å²) < 4.78 is 31.4. The molecule has 0 aliphatic carbocycles. The Morgan fingerprint density at radius 1 is 1.11 bits per heavy atom. The zero-order valence-electron chi connectivity index (χ0n) is 11.5. The molecule has 0 fully saturated rings. The Morgan fingerprint density at radius 3 is 2.00 bits per heavy atom. The van der Waals surface area contributed by atoms with Gasteiger partial charge in [0.15, 0.2) is 0 Å². The summed E-state index contributed by atoms with van der Waals surface area (Å²) in [6.45, 7) is 8.59. The summed E-state index contributed by atoms with van der Waals surface area (Å²) in [7, 11) is -3.60. The van der Waals surface area contributed by atoms with Crippen LogP contribution in [0.4, 0.5) is 4.79 Å². The molecule has 0 aromatic rings. The van der Waals surface area contributed by atoms with Crippen LogP contribution < -0.4 is 5.32 Å². The largest absolute Gasteiger partial charge is 0.476 e. The van der Waals surface area contributed by atoms with Crippen molar-refractivity contribution in [2.45, 2.75) is 40.2 Å². The standard InChI is InChI=1S/C10H22NO6P/c1-6-14-18(13,15-7-2)16-8-11-9(12)17-10(3,4)5/h6-8H2,1-5H3,(H,11,12). The highest BCUT2D eigenvalue weighted by molar-refractivity contribution is 7.48. The van der Waals surface area contributed by atoms with Gasteiger partial charge in [0.1, 0.15) is 12.3 Å². The van der Waals surface area contributed by atoms with E-state index in [4.69, 9.17) is 18.3 Å². The Bertz CT molecular complexity index is 291. The fourth-order valence-corrected chi connectivity index (χ4v) is 1.99. The molecule has 8 heteroatoms. The van der Waals surface area contributed by atoms with E-state index in [0.717, 1.165) is 0 Å². The van der Waals surface area contributed by atoms with Gasteiger partial charge in [0.25, 0.3) is 0 Å². The predicted octanol–water partition coefficient (Wildman–Crippen LogP) is 2.67. The number of phosphoric ester groups is 1. The van der Waals surface area contributed by atoms with Gasteiger partial charge in [-0.2, -0.15) is 0 Å². The summed E-state index contributed by atoms with van der Waals surface area (Å²) in [6.07, 6.45) is -0.665. The third-order valence-electron chi connectivity index (χ3n) is 1.41. The number of amides is 1. The molecule has 0 radical (unpaired) electrons. The monoisotopic (exact) mass is 283 g/mol. The smallest absolute Gasteiger partial charge is 0.444 e. The Morgan fingerprint density at radius 2 is 1.61 bits per heavy atom. The zero-order valence-corrected chi connectivity index (χ0v) is 12.4. The summed E-state index contributed by atoms with van der Waals surface area (Å²) in [4.78, 5) is 11.3. The minimum absolute atomic E-state index is 0.184. The fraction of sp³-hybridized carbons (Fsp3) is 0.900. The number of rotatable bonds is 7. The van der Waals surface area contributed by atoms with Gasteiger partial charge < -0.3 is 4.74 Å². The van der Waals surface area contributed by atoms with Gasteiger partial charge in [-0.25, -0.2) is 9.36 Å². The van der Waals surface area contributed by atoms with Gasteiger partial charge in [0.2, 0.25) is 0 Å². The maximum atomic E-state index is 11.8. The van der Waals surface area contributed by atoms with Crippen molar-refractivity contribution in [3.8, 4) is 0 Å². The molecular formula is C10H22NO6P. The third-order valence-corrected chi connectivity index (χ3v) is 3.01. The Hall–Kier alpha value is -0.620. The molecule has 0 atom stereocenters. The number of alkyl carbamates (subject to hydrolysis) is 1. The first-order valence-corrected chi connectivity index (χ1v) is 7.19. The topological polar surface area (TPSA) is 83.1 Å². The minimum Gasteiger partial charge on any atom is -0.444 e. The van der Waals surface area contributed by atoms with Crippen LogP contribution in [0.3, 0.4) is 0 Å². The molecule has 0 spiro atoms. The molecule has 7 nitrogen and oxygen atoms in total. The molecule has 0 heterocycles. The van der Waals surface area contributed by atoms with Crippen molar-refractivity contribution in [2.24, 2.45) is 0 Å². The maximum absolute atomic E-state index is 11.8. The molecule has 0 aliphatic heterocycles. The van der Waals surface area contributed by atoms with Crippen LogP contribution in [0.2, 0.25) is 0 Å². The second-order valence-electron chi connectivity index (χ2n) is 4.23. The molecule has 0 aromatic carbocycles. The fourth-order valence-electron chi connectivity index (χ4n) is 0.912. The van der Waals surface area contributed by atoms with Crippen LogP contribution in [0.15, 0.2) is 0 Å². The van der Waals surface area contributed by atoms with Crippen molar-refractivity contribution >= 4 is 13.9 Å². The van der Waals surface area contributed by atoms with Crippen LogP contribution in [0.5, 0.6) is 0 Å². The molecule has 0 unspecified atom stereocenters. The van der Waals surface area contributed by atoms with Crippen LogP contribution in [0.25, 0.3) is 0 Å². The lowest BCUT2D eigenvalue weighted by Crippen LogP contribution is -2.33. The average Bonchev–Trinajstić information content (AvgIpc) is 2.14. The van der Waals surface area contributed by atoms with Crippen LogP contribution in [-0.2, 0) is 22.9 Å². The van der Waals surface area contributed by atoms with Crippen molar-refractivity contribution in [3.05, 3.63) is 0 Å². The highest BCUT2D eigenvalue weighted by atomic mass is 31.2. The van der Waals surface area contributed by atoms with Gasteiger partial charge in [0, 0.05) is 0 Å². The van der Waals surface area contributed by atoms with Gasteiger partial charge in [-0.3, -0.25) is 18.9 Å². The summed E-state index contributed by atoms with van der Waals surface area (Å²) in [6, 6.07) is 0. The van der Waals surface area contributed by atoms with Crippen molar-refractivity contribution < 1.29 is 27.7 Å². The van der Waals surface area contributed by atoms with Gasteiger partial charge in [-0.15, -0.1) is 0 Å². The first kappa shape index (κ1) is 17.4. The molecule has 0 bridgehead atoms. The van der Waals surface area contributed by atoms with E-state index in [1.807, 2.05) is 0 Å². The van der Waals surface area contributed by atoms with Crippen molar-refractivity contribution in [1.29, 1.82) is 0 Å². The number of carbonyl (C=O) groups is 1. The van der Waals surface area contributed by atoms with Crippen molar-refractivity contribution in [1.82, 2.24) is 5.32 Å². The van der Waals surface area contributed by atoms with E-state index in [-0.39, 0.29) is 19.9 Å². The Balaban J connectivity index is 4.07. The van der Waals surface area contributed by atoms with Gasteiger partial charge in [-0.1, -0.05) is 0 Å². The van der Waals surface area contributed by atoms with Crippen LogP contribution in [-0.4, -0.2) is 31.6 Å². The summed E-state index contributed by atoms with van der Waals surface area (Å²) in [5, 5.41) is 2.30. The lowest BCUT2D eigenvalue weighted by Gasteiger charge is -2.20. The summed E-state index contributed by atoms with van der Waals surface area (Å²) in [5.41, 5.74) is -0.604. The van der Waals surface area contributed by atoms with E-state index in [1.165, 1.54) is 0 Å². The van der Waals surface area contributed by atoms with E-state index in [0.29, 0.717) is 0 Å². The zero-order chi connectivity index (χ0) is 14.2. The average molecular weight is 283 g/mol. The van der Waals surface area contributed by atoms with Crippen molar-refractivity contribution in [3.63, 3.8) is 0 Å². The van der Waals surface area contributed by atoms with Gasteiger partial charge in [0.05, 0.1) is 13.2 Å². The van der Waals surface area contributed by atoms with E-state index >= 15 is 0 Å². The number of carbonyl (C=O) groups excluding carboxylic acids is 1. The van der Waals surface area contributed by atoms with E-state index in [2.05, 4.69) is 5.32 Å². The normalized spacial score (nSPS) is 12.3. The molecule has 0 saturated carbocycles. The maximum Gasteiger partial charge on any atom is 0.476 e. The highest BCUT2D eigenvalue weighted by Crippen LogP contribution is 2.48. The molecular weight excluding hydrogens is 261 g/mol. The summed E-state index contributed by atoms with van der Waals surface area (Å²) in [5.74, 6) is 0. The SMILES string of the molecule is CCOP(=O)(OCC)OCNC(=O)OC(C)(C)C. The van der Waals surface area contributed by atoms with E-state index in [9.17, 15) is 9.36 Å². The number of phosphoric acid groups is 1. The minimum atomic E-state index is -3.60. The molecule has 0 rings (SSSR count). The highest BCUT2D eigenvalue weighted by Gasteiger charge is 2.25. The first-order chi connectivity index (χ1) is 8.22. The van der Waals surface area contributed by atoms with E-state index in [1.54, 1.807) is 34.6 Å². The lowest BCUT2D eigenvalue weighted by atomic mass is 10.2. The second-order valence-corrected chi connectivity index (χ2v) is 5.90. The van der Waals surface area contributed by atoms with Gasteiger partial charge in [-0.05, 0) is 34.6 Å². The first-order valence-electron chi connectivity index (χ1n) is 5.73. The molecule has 0 aliphatic rings. The Kier molecular flexibility index (Phi) is 7.47. The van der Waals surface area contributed by atoms with Gasteiger partial charge >= 0.3 is 13.9 Å². The Labute approximate surface area is 108 Å². The lowest BCUT2D eigenvalue weighted by molar-refractivity contribution is 0.0453. The van der Waals surface area contributed by atoms with Crippen LogP contribution in [0.1, 0.15) is 34.6 Å². The summed E-state index contributed by atoms with van der Waals surface area (Å²) >= 11 is 0.